The second kappa shape index (κ2) is 9.87. The number of hydrogen-bond donors (Lipinski definition) is 1. The van der Waals surface area contributed by atoms with Gasteiger partial charge in [0.2, 0.25) is 0 Å². The number of hydrogen-bond acceptors (Lipinski definition) is 8. The highest BCUT2D eigenvalue weighted by atomic mass is 16.5. The lowest BCUT2D eigenvalue weighted by atomic mass is 10.1. The highest BCUT2D eigenvalue weighted by Gasteiger charge is 2.22. The van der Waals surface area contributed by atoms with Gasteiger partial charge >= 0.3 is 0 Å². The molecule has 10 heteroatoms. The van der Waals surface area contributed by atoms with E-state index in [0.29, 0.717) is 19.3 Å². The Hall–Kier alpha value is -3.50. The van der Waals surface area contributed by atoms with Crippen LogP contribution in [-0.4, -0.2) is 87.7 Å². The molecule has 4 aromatic rings. The van der Waals surface area contributed by atoms with Gasteiger partial charge in [0.1, 0.15) is 5.52 Å². The van der Waals surface area contributed by atoms with Crippen LogP contribution in [0.1, 0.15) is 25.8 Å². The van der Waals surface area contributed by atoms with Crippen molar-refractivity contribution in [2.75, 3.05) is 57.9 Å². The second-order valence-electron chi connectivity index (χ2n) is 9.38. The van der Waals surface area contributed by atoms with Gasteiger partial charge in [-0.15, -0.1) is 0 Å². The van der Waals surface area contributed by atoms with Crippen LogP contribution in [0.25, 0.3) is 33.5 Å². The number of likely N-dealkylation sites (tertiary alicyclic amines) is 1. The zero-order chi connectivity index (χ0) is 24.5. The van der Waals surface area contributed by atoms with Gasteiger partial charge in [-0.1, -0.05) is 6.92 Å². The van der Waals surface area contributed by atoms with Gasteiger partial charge in [-0.05, 0) is 25.5 Å². The van der Waals surface area contributed by atoms with Crippen LogP contribution in [0.15, 0.2) is 37.1 Å². The fourth-order valence-electron chi connectivity index (χ4n) is 5.17. The van der Waals surface area contributed by atoms with Crippen LogP contribution in [0.2, 0.25) is 0 Å². The number of fused-ring (bicyclic) bond motifs is 1. The molecule has 0 amide bonds. The molecular formula is C26H32N8O2. The summed E-state index contributed by atoms with van der Waals surface area (Å²) in [5, 5.41) is 4.71. The van der Waals surface area contributed by atoms with Gasteiger partial charge in [0.15, 0.2) is 17.2 Å². The number of ether oxygens (including phenoxy) is 2. The fourth-order valence-corrected chi connectivity index (χ4v) is 5.17. The summed E-state index contributed by atoms with van der Waals surface area (Å²) in [5.41, 5.74) is 5.24. The number of pyridine rings is 1. The Labute approximate surface area is 210 Å². The zero-order valence-corrected chi connectivity index (χ0v) is 20.9. The standard InChI is InChI=1S/C26H32N8O2/c1-3-32-6-4-20(5-7-32)34-17-19(14-30-34)21-15-27-25-24(21)31-22(16-28-25)18-12-23(35-2)26(29-13-18)33-8-10-36-11-9-33/h12-17,20H,3-11H2,1-2H3,(H,27,28). The van der Waals surface area contributed by atoms with Crippen LogP contribution in [-0.2, 0) is 4.74 Å². The molecule has 0 atom stereocenters. The van der Waals surface area contributed by atoms with E-state index in [2.05, 4.69) is 37.6 Å². The minimum atomic E-state index is 0.442. The van der Waals surface area contributed by atoms with Gasteiger partial charge in [-0.25, -0.2) is 15.0 Å². The molecule has 1 N–H and O–H groups in total. The molecule has 0 spiro atoms. The molecule has 188 valence electrons. The molecule has 36 heavy (non-hydrogen) atoms. The highest BCUT2D eigenvalue weighted by Crippen LogP contribution is 2.33. The number of H-pyrrole nitrogens is 1. The molecule has 0 bridgehead atoms. The summed E-state index contributed by atoms with van der Waals surface area (Å²) in [4.78, 5) is 22.3. The number of rotatable bonds is 6. The Morgan fingerprint density at radius 2 is 1.89 bits per heavy atom. The maximum absolute atomic E-state index is 5.69. The number of anilines is 1. The van der Waals surface area contributed by atoms with E-state index < -0.39 is 0 Å². The van der Waals surface area contributed by atoms with E-state index >= 15 is 0 Å². The van der Waals surface area contributed by atoms with Crippen molar-refractivity contribution in [2.24, 2.45) is 0 Å². The average molecular weight is 489 g/mol. The summed E-state index contributed by atoms with van der Waals surface area (Å²) in [7, 11) is 1.67. The van der Waals surface area contributed by atoms with Crippen molar-refractivity contribution in [3.63, 3.8) is 0 Å². The van der Waals surface area contributed by atoms with E-state index in [1.54, 1.807) is 13.3 Å². The summed E-state index contributed by atoms with van der Waals surface area (Å²) in [6.45, 7) is 8.58. The summed E-state index contributed by atoms with van der Waals surface area (Å²) in [6.07, 6.45) is 11.9. The summed E-state index contributed by atoms with van der Waals surface area (Å²) < 4.78 is 13.3. The van der Waals surface area contributed by atoms with Crippen LogP contribution in [0, 0.1) is 0 Å². The quantitative estimate of drug-likeness (QED) is 0.441. The topological polar surface area (TPSA) is 97.2 Å². The van der Waals surface area contributed by atoms with Gasteiger partial charge in [0, 0.05) is 61.5 Å². The summed E-state index contributed by atoms with van der Waals surface area (Å²) >= 11 is 0. The largest absolute Gasteiger partial charge is 0.493 e. The number of nitrogens with zero attached hydrogens (tertiary/aromatic N) is 7. The first-order valence-corrected chi connectivity index (χ1v) is 12.7. The minimum absolute atomic E-state index is 0.442. The molecule has 2 saturated heterocycles. The van der Waals surface area contributed by atoms with E-state index in [1.165, 1.54) is 0 Å². The van der Waals surface area contributed by atoms with Gasteiger partial charge in [-0.3, -0.25) is 4.68 Å². The van der Waals surface area contributed by atoms with E-state index in [4.69, 9.17) is 24.5 Å². The molecule has 6 rings (SSSR count). The van der Waals surface area contributed by atoms with E-state index in [1.807, 2.05) is 24.7 Å². The highest BCUT2D eigenvalue weighted by molar-refractivity contribution is 5.91. The van der Waals surface area contributed by atoms with Gasteiger partial charge in [0.25, 0.3) is 0 Å². The first-order valence-electron chi connectivity index (χ1n) is 12.7. The second-order valence-corrected chi connectivity index (χ2v) is 9.38. The van der Waals surface area contributed by atoms with Crippen LogP contribution >= 0.6 is 0 Å². The number of piperidine rings is 1. The molecule has 4 aromatic heterocycles. The number of nitrogens with one attached hydrogen (secondary N) is 1. The van der Waals surface area contributed by atoms with Crippen molar-refractivity contribution in [3.8, 4) is 28.1 Å². The van der Waals surface area contributed by atoms with Gasteiger partial charge in [-0.2, -0.15) is 5.10 Å². The van der Waals surface area contributed by atoms with Gasteiger partial charge in [0.05, 0.1) is 44.5 Å². The maximum atomic E-state index is 5.69. The summed E-state index contributed by atoms with van der Waals surface area (Å²) in [5.74, 6) is 1.55. The van der Waals surface area contributed by atoms with Crippen molar-refractivity contribution in [1.29, 1.82) is 0 Å². The Bertz CT molecular complexity index is 1330. The number of aromatic nitrogens is 6. The van der Waals surface area contributed by atoms with Crippen LogP contribution in [0.4, 0.5) is 5.82 Å². The lowest BCUT2D eigenvalue weighted by molar-refractivity contribution is 0.122. The van der Waals surface area contributed by atoms with Crippen molar-refractivity contribution < 1.29 is 9.47 Å². The van der Waals surface area contributed by atoms with E-state index in [0.717, 1.165) is 90.7 Å². The first-order chi connectivity index (χ1) is 17.7. The Balaban J connectivity index is 1.28. The Kier molecular flexibility index (Phi) is 6.28. The average Bonchev–Trinajstić information content (AvgIpc) is 3.60. The third-order valence-electron chi connectivity index (χ3n) is 7.33. The van der Waals surface area contributed by atoms with Crippen molar-refractivity contribution >= 4 is 17.0 Å². The molecule has 6 heterocycles. The normalized spacial score (nSPS) is 17.7. The maximum Gasteiger partial charge on any atom is 0.171 e. The minimum Gasteiger partial charge on any atom is -0.493 e. The molecule has 0 aliphatic carbocycles. The third kappa shape index (κ3) is 4.31. The molecule has 0 saturated carbocycles. The van der Waals surface area contributed by atoms with Crippen molar-refractivity contribution in [2.45, 2.75) is 25.8 Å². The number of aromatic amines is 1. The molecule has 0 radical (unpaired) electrons. The molecule has 2 fully saturated rings. The fraction of sp³-hybridized carbons (Fsp3) is 0.462. The van der Waals surface area contributed by atoms with E-state index in [-0.39, 0.29) is 0 Å². The van der Waals surface area contributed by atoms with Crippen molar-refractivity contribution in [3.05, 3.63) is 37.1 Å². The number of morpholine rings is 1. The zero-order valence-electron chi connectivity index (χ0n) is 20.9. The molecular weight excluding hydrogens is 456 g/mol. The molecule has 2 aliphatic heterocycles. The lowest BCUT2D eigenvalue weighted by Crippen LogP contribution is -2.37. The third-order valence-corrected chi connectivity index (χ3v) is 7.33. The molecule has 0 aromatic carbocycles. The van der Waals surface area contributed by atoms with Crippen LogP contribution in [0.3, 0.4) is 0 Å². The Morgan fingerprint density at radius 1 is 1.06 bits per heavy atom. The molecule has 10 nitrogen and oxygen atoms in total. The predicted molar refractivity (Wildman–Crippen MR) is 138 cm³/mol. The molecule has 0 unspecified atom stereocenters. The summed E-state index contributed by atoms with van der Waals surface area (Å²) in [6, 6.07) is 2.43. The van der Waals surface area contributed by atoms with Crippen LogP contribution in [0.5, 0.6) is 5.75 Å². The van der Waals surface area contributed by atoms with E-state index in [9.17, 15) is 0 Å². The monoisotopic (exact) mass is 488 g/mol. The first kappa shape index (κ1) is 22.9. The predicted octanol–water partition coefficient (Wildman–Crippen LogP) is 3.39. The number of methoxy groups -OCH3 is 1. The molecule has 2 aliphatic rings. The Morgan fingerprint density at radius 3 is 2.67 bits per heavy atom. The SMILES string of the molecule is CCN1CCC(n2cc(-c3c[nH]c4ncc(-c5cnc(N6CCOCC6)c(OC)c5)nc34)cn2)CC1. The smallest absolute Gasteiger partial charge is 0.171 e. The van der Waals surface area contributed by atoms with Crippen molar-refractivity contribution in [1.82, 2.24) is 34.6 Å². The van der Waals surface area contributed by atoms with Gasteiger partial charge < -0.3 is 24.3 Å². The van der Waals surface area contributed by atoms with Crippen LogP contribution < -0.4 is 9.64 Å². The lowest BCUT2D eigenvalue weighted by Gasteiger charge is -2.31.